The summed E-state index contributed by atoms with van der Waals surface area (Å²) in [6, 6.07) is 5.28. The molecule has 90 valence electrons. The summed E-state index contributed by atoms with van der Waals surface area (Å²) in [5, 5.41) is 2.80. The average Bonchev–Trinajstić information content (AvgIpc) is 2.70. The minimum absolute atomic E-state index is 0.0289. The SMILES string of the molecule is CCC(C)C(=O)Nc1ccc2c(c1)C(=O)OC2. The molecule has 4 heteroatoms. The summed E-state index contributed by atoms with van der Waals surface area (Å²) in [7, 11) is 0. The van der Waals surface area contributed by atoms with E-state index in [9.17, 15) is 9.59 Å². The number of carbonyl (C=O) groups is 2. The summed E-state index contributed by atoms with van der Waals surface area (Å²) in [4.78, 5) is 23.1. The van der Waals surface area contributed by atoms with Gasteiger partial charge in [-0.25, -0.2) is 4.79 Å². The highest BCUT2D eigenvalue weighted by atomic mass is 16.5. The molecule has 0 aliphatic carbocycles. The molecule has 0 saturated carbocycles. The summed E-state index contributed by atoms with van der Waals surface area (Å²) in [5.74, 6) is -0.381. The predicted molar refractivity (Wildman–Crippen MR) is 63.6 cm³/mol. The summed E-state index contributed by atoms with van der Waals surface area (Å²) < 4.78 is 4.90. The van der Waals surface area contributed by atoms with E-state index in [-0.39, 0.29) is 17.8 Å². The molecule has 1 atom stereocenters. The fraction of sp³-hybridized carbons (Fsp3) is 0.385. The number of hydrogen-bond acceptors (Lipinski definition) is 3. The lowest BCUT2D eigenvalue weighted by atomic mass is 10.1. The molecule has 0 radical (unpaired) electrons. The zero-order valence-corrected chi connectivity index (χ0v) is 9.95. The molecule has 1 N–H and O–H groups in total. The van der Waals surface area contributed by atoms with E-state index < -0.39 is 0 Å². The molecule has 1 aromatic rings. The zero-order valence-electron chi connectivity index (χ0n) is 9.95. The van der Waals surface area contributed by atoms with Crippen molar-refractivity contribution in [3.8, 4) is 0 Å². The molecule has 1 unspecified atom stereocenters. The van der Waals surface area contributed by atoms with Gasteiger partial charge < -0.3 is 10.1 Å². The summed E-state index contributed by atoms with van der Waals surface area (Å²) in [6.07, 6.45) is 0.790. The molecule has 1 amide bonds. The van der Waals surface area contributed by atoms with Crippen LogP contribution in [0.4, 0.5) is 5.69 Å². The van der Waals surface area contributed by atoms with Crippen LogP contribution in [-0.4, -0.2) is 11.9 Å². The second-order valence-electron chi connectivity index (χ2n) is 4.25. The van der Waals surface area contributed by atoms with Crippen LogP contribution in [0.1, 0.15) is 36.2 Å². The Hall–Kier alpha value is -1.84. The lowest BCUT2D eigenvalue weighted by molar-refractivity contribution is -0.119. The topological polar surface area (TPSA) is 55.4 Å². The van der Waals surface area contributed by atoms with Crippen molar-refractivity contribution in [2.75, 3.05) is 5.32 Å². The molecule has 1 aromatic carbocycles. The van der Waals surface area contributed by atoms with E-state index >= 15 is 0 Å². The Labute approximate surface area is 100.0 Å². The van der Waals surface area contributed by atoms with Crippen molar-refractivity contribution >= 4 is 17.6 Å². The van der Waals surface area contributed by atoms with Gasteiger partial charge in [0.2, 0.25) is 5.91 Å². The standard InChI is InChI=1S/C13H15NO3/c1-3-8(2)12(15)14-10-5-4-9-7-17-13(16)11(9)6-10/h4-6,8H,3,7H2,1-2H3,(H,14,15). The van der Waals surface area contributed by atoms with E-state index in [1.807, 2.05) is 19.9 Å². The lowest BCUT2D eigenvalue weighted by Crippen LogP contribution is -2.19. The lowest BCUT2D eigenvalue weighted by Gasteiger charge is -2.10. The number of rotatable bonds is 3. The van der Waals surface area contributed by atoms with Crippen molar-refractivity contribution < 1.29 is 14.3 Å². The van der Waals surface area contributed by atoms with Gasteiger partial charge in [0, 0.05) is 17.2 Å². The van der Waals surface area contributed by atoms with Gasteiger partial charge in [-0.1, -0.05) is 19.9 Å². The number of carbonyl (C=O) groups excluding carboxylic acids is 2. The number of ether oxygens (including phenoxy) is 1. The van der Waals surface area contributed by atoms with Crippen molar-refractivity contribution in [2.24, 2.45) is 5.92 Å². The van der Waals surface area contributed by atoms with Gasteiger partial charge in [0.15, 0.2) is 0 Å². The Morgan fingerprint density at radius 1 is 1.53 bits per heavy atom. The molecule has 0 saturated heterocycles. The van der Waals surface area contributed by atoms with Gasteiger partial charge in [0.05, 0.1) is 5.56 Å². The third-order valence-corrected chi connectivity index (χ3v) is 3.02. The Morgan fingerprint density at radius 2 is 2.29 bits per heavy atom. The van der Waals surface area contributed by atoms with Gasteiger partial charge in [0.25, 0.3) is 0 Å². The monoisotopic (exact) mass is 233 g/mol. The maximum Gasteiger partial charge on any atom is 0.338 e. The molecule has 1 heterocycles. The van der Waals surface area contributed by atoms with E-state index in [1.165, 1.54) is 0 Å². The molecule has 4 nitrogen and oxygen atoms in total. The molecule has 0 bridgehead atoms. The molecule has 1 aliphatic rings. The largest absolute Gasteiger partial charge is 0.457 e. The first-order valence-electron chi connectivity index (χ1n) is 5.72. The second-order valence-corrected chi connectivity index (χ2v) is 4.25. The Balaban J connectivity index is 2.16. The van der Waals surface area contributed by atoms with Crippen LogP contribution in [0.25, 0.3) is 0 Å². The number of fused-ring (bicyclic) bond motifs is 1. The Kier molecular flexibility index (Phi) is 3.13. The first kappa shape index (κ1) is 11.6. The zero-order chi connectivity index (χ0) is 12.4. The molecule has 17 heavy (non-hydrogen) atoms. The highest BCUT2D eigenvalue weighted by Gasteiger charge is 2.21. The van der Waals surface area contributed by atoms with E-state index in [0.29, 0.717) is 17.9 Å². The fourth-order valence-electron chi connectivity index (χ4n) is 1.64. The van der Waals surface area contributed by atoms with Crippen LogP contribution in [0.5, 0.6) is 0 Å². The maximum atomic E-state index is 11.7. The van der Waals surface area contributed by atoms with Gasteiger partial charge in [-0.15, -0.1) is 0 Å². The van der Waals surface area contributed by atoms with E-state index in [1.54, 1.807) is 12.1 Å². The van der Waals surface area contributed by atoms with Gasteiger partial charge in [-0.2, -0.15) is 0 Å². The number of benzene rings is 1. The Morgan fingerprint density at radius 3 is 3.00 bits per heavy atom. The third-order valence-electron chi connectivity index (χ3n) is 3.02. The van der Waals surface area contributed by atoms with Crippen molar-refractivity contribution in [3.05, 3.63) is 29.3 Å². The number of hydrogen-bond donors (Lipinski definition) is 1. The molecular weight excluding hydrogens is 218 g/mol. The maximum absolute atomic E-state index is 11.7. The number of amides is 1. The van der Waals surface area contributed by atoms with Crippen LogP contribution in [-0.2, 0) is 16.1 Å². The molecule has 0 fully saturated rings. The van der Waals surface area contributed by atoms with E-state index in [4.69, 9.17) is 4.74 Å². The highest BCUT2D eigenvalue weighted by Crippen LogP contribution is 2.23. The minimum atomic E-state index is -0.320. The summed E-state index contributed by atoms with van der Waals surface area (Å²) in [5.41, 5.74) is 2.07. The molecule has 0 spiro atoms. The number of nitrogens with one attached hydrogen (secondary N) is 1. The van der Waals surface area contributed by atoms with E-state index in [0.717, 1.165) is 12.0 Å². The number of anilines is 1. The molecule has 0 aromatic heterocycles. The normalized spacial score (nSPS) is 15.1. The fourth-order valence-corrected chi connectivity index (χ4v) is 1.64. The van der Waals surface area contributed by atoms with Crippen molar-refractivity contribution in [2.45, 2.75) is 26.9 Å². The number of cyclic esters (lactones) is 1. The van der Waals surface area contributed by atoms with Gasteiger partial charge in [-0.3, -0.25) is 4.79 Å². The van der Waals surface area contributed by atoms with Gasteiger partial charge in [0.1, 0.15) is 6.61 Å². The first-order valence-corrected chi connectivity index (χ1v) is 5.72. The van der Waals surface area contributed by atoms with Crippen LogP contribution in [0.15, 0.2) is 18.2 Å². The smallest absolute Gasteiger partial charge is 0.338 e. The quantitative estimate of drug-likeness (QED) is 0.815. The predicted octanol–water partition coefficient (Wildman–Crippen LogP) is 2.34. The molecular formula is C13H15NO3. The van der Waals surface area contributed by atoms with Gasteiger partial charge >= 0.3 is 5.97 Å². The van der Waals surface area contributed by atoms with Crippen molar-refractivity contribution in [1.82, 2.24) is 0 Å². The van der Waals surface area contributed by atoms with E-state index in [2.05, 4.69) is 5.32 Å². The molecule has 2 rings (SSSR count). The highest BCUT2D eigenvalue weighted by molar-refractivity contribution is 5.97. The van der Waals surface area contributed by atoms with Crippen LogP contribution >= 0.6 is 0 Å². The average molecular weight is 233 g/mol. The third kappa shape index (κ3) is 2.30. The van der Waals surface area contributed by atoms with Crippen LogP contribution in [0.3, 0.4) is 0 Å². The number of esters is 1. The summed E-state index contributed by atoms with van der Waals surface area (Å²) >= 11 is 0. The first-order chi connectivity index (χ1) is 8.11. The second kappa shape index (κ2) is 4.57. The van der Waals surface area contributed by atoms with Crippen molar-refractivity contribution in [3.63, 3.8) is 0 Å². The summed E-state index contributed by atoms with van der Waals surface area (Å²) in [6.45, 7) is 4.16. The van der Waals surface area contributed by atoms with Crippen molar-refractivity contribution in [1.29, 1.82) is 0 Å². The van der Waals surface area contributed by atoms with Crippen LogP contribution in [0.2, 0.25) is 0 Å². The van der Waals surface area contributed by atoms with Gasteiger partial charge in [-0.05, 0) is 18.6 Å². The van der Waals surface area contributed by atoms with Crippen LogP contribution < -0.4 is 5.32 Å². The Bertz CT molecular complexity index is 468. The van der Waals surface area contributed by atoms with Crippen LogP contribution in [0, 0.1) is 5.92 Å². The minimum Gasteiger partial charge on any atom is -0.457 e. The molecule has 1 aliphatic heterocycles.